The van der Waals surface area contributed by atoms with Gasteiger partial charge >= 0.3 is 0 Å². The van der Waals surface area contributed by atoms with E-state index in [1.54, 1.807) is 23.7 Å². The zero-order chi connectivity index (χ0) is 14.8. The van der Waals surface area contributed by atoms with Gasteiger partial charge in [-0.3, -0.25) is 9.78 Å². The van der Waals surface area contributed by atoms with Gasteiger partial charge in [-0.05, 0) is 61.4 Å². The molecule has 0 saturated heterocycles. The van der Waals surface area contributed by atoms with Crippen molar-refractivity contribution in [3.63, 3.8) is 0 Å². The summed E-state index contributed by atoms with van der Waals surface area (Å²) in [5, 5.41) is 3.08. The van der Waals surface area contributed by atoms with Crippen LogP contribution in [0.15, 0.2) is 30.6 Å². The van der Waals surface area contributed by atoms with Crippen molar-refractivity contribution in [3.05, 3.63) is 51.5 Å². The van der Waals surface area contributed by atoms with Crippen LogP contribution in [0.2, 0.25) is 0 Å². The molecule has 0 aromatic carbocycles. The Morgan fingerprint density at radius 1 is 1.43 bits per heavy atom. The number of pyridine rings is 1. The molecule has 1 amide bonds. The lowest BCUT2D eigenvalue weighted by atomic mass is 9.90. The Kier molecular flexibility index (Phi) is 4.06. The number of hydrogen-bond acceptors (Lipinski definition) is 3. The summed E-state index contributed by atoms with van der Waals surface area (Å²) in [5.41, 5.74) is 2.45. The smallest absolute Gasteiger partial charge is 0.261 e. The largest absolute Gasteiger partial charge is 0.345 e. The third-order valence-electron chi connectivity index (χ3n) is 4.11. The van der Waals surface area contributed by atoms with Gasteiger partial charge in [0.15, 0.2) is 0 Å². The van der Waals surface area contributed by atoms with Crippen LogP contribution in [0.25, 0.3) is 0 Å². The number of rotatable bonds is 3. The Balaban J connectivity index is 1.71. The molecule has 1 N–H and O–H groups in total. The van der Waals surface area contributed by atoms with Crippen LogP contribution < -0.4 is 5.32 Å². The first kappa shape index (κ1) is 14.3. The van der Waals surface area contributed by atoms with Crippen LogP contribution in [0.5, 0.6) is 0 Å². The first-order chi connectivity index (χ1) is 10.1. The number of nitrogens with zero attached hydrogens (tertiary/aromatic N) is 1. The van der Waals surface area contributed by atoms with Crippen molar-refractivity contribution in [1.29, 1.82) is 0 Å². The van der Waals surface area contributed by atoms with E-state index in [1.807, 2.05) is 19.1 Å². The molecule has 0 aliphatic heterocycles. The number of aryl methyl sites for hydroxylation is 1. The van der Waals surface area contributed by atoms with Gasteiger partial charge in [-0.2, -0.15) is 0 Å². The Morgan fingerprint density at radius 3 is 2.95 bits per heavy atom. The molecule has 0 fully saturated rings. The molecule has 0 radical (unpaired) electrons. The highest BCUT2D eigenvalue weighted by atomic mass is 32.1. The minimum absolute atomic E-state index is 0.00134. The number of carbonyl (C=O) groups excluding carboxylic acids is 1. The highest BCUT2D eigenvalue weighted by Gasteiger charge is 2.21. The zero-order valence-electron chi connectivity index (χ0n) is 12.4. The average Bonchev–Trinajstić information content (AvgIpc) is 2.91. The number of nitrogens with one attached hydrogen (secondary N) is 1. The van der Waals surface area contributed by atoms with E-state index in [-0.39, 0.29) is 11.9 Å². The molecule has 1 aliphatic carbocycles. The lowest BCUT2D eigenvalue weighted by molar-refractivity contribution is 0.0944. The molecule has 3 rings (SSSR count). The summed E-state index contributed by atoms with van der Waals surface area (Å²) >= 11 is 1.66. The number of aromatic nitrogens is 1. The monoisotopic (exact) mass is 300 g/mol. The van der Waals surface area contributed by atoms with E-state index in [0.717, 1.165) is 29.2 Å². The maximum Gasteiger partial charge on any atom is 0.261 e. The summed E-state index contributed by atoms with van der Waals surface area (Å²) in [6, 6.07) is 5.96. The highest BCUT2D eigenvalue weighted by Crippen LogP contribution is 2.32. The lowest BCUT2D eigenvalue weighted by Crippen LogP contribution is -2.25. The van der Waals surface area contributed by atoms with Crippen molar-refractivity contribution in [1.82, 2.24) is 10.3 Å². The Hall–Kier alpha value is -1.68. The van der Waals surface area contributed by atoms with Gasteiger partial charge in [0.1, 0.15) is 0 Å². The third kappa shape index (κ3) is 3.16. The molecule has 0 bridgehead atoms. The molecule has 0 unspecified atom stereocenters. The van der Waals surface area contributed by atoms with Crippen LogP contribution in [0.4, 0.5) is 0 Å². The summed E-state index contributed by atoms with van der Waals surface area (Å²) in [4.78, 5) is 18.7. The Bertz CT molecular complexity index is 635. The van der Waals surface area contributed by atoms with E-state index >= 15 is 0 Å². The fourth-order valence-electron chi connectivity index (χ4n) is 2.82. The summed E-state index contributed by atoms with van der Waals surface area (Å²) in [5.74, 6) is 0.769. The zero-order valence-corrected chi connectivity index (χ0v) is 13.2. The Labute approximate surface area is 129 Å². The van der Waals surface area contributed by atoms with Gasteiger partial charge in [0.05, 0.1) is 10.9 Å². The first-order valence-corrected chi connectivity index (χ1v) is 8.27. The van der Waals surface area contributed by atoms with Crippen LogP contribution in [0, 0.1) is 5.92 Å². The van der Waals surface area contributed by atoms with Gasteiger partial charge in [0, 0.05) is 17.3 Å². The van der Waals surface area contributed by atoms with Crippen LogP contribution in [-0.2, 0) is 12.8 Å². The van der Waals surface area contributed by atoms with Crippen molar-refractivity contribution >= 4 is 17.2 Å². The predicted octanol–water partition coefficient (Wildman–Crippen LogP) is 3.76. The average molecular weight is 300 g/mol. The van der Waals surface area contributed by atoms with E-state index in [4.69, 9.17) is 0 Å². The summed E-state index contributed by atoms with van der Waals surface area (Å²) in [7, 11) is 0. The molecule has 0 saturated carbocycles. The van der Waals surface area contributed by atoms with Crippen molar-refractivity contribution < 1.29 is 4.79 Å². The van der Waals surface area contributed by atoms with Gasteiger partial charge in [-0.25, -0.2) is 0 Å². The fraction of sp³-hybridized carbons (Fsp3) is 0.412. The number of carbonyl (C=O) groups is 1. The summed E-state index contributed by atoms with van der Waals surface area (Å²) in [6.07, 6.45) is 6.97. The fourth-order valence-corrected chi connectivity index (χ4v) is 3.93. The minimum Gasteiger partial charge on any atom is -0.345 e. The van der Waals surface area contributed by atoms with Gasteiger partial charge in [0.25, 0.3) is 5.91 Å². The summed E-state index contributed by atoms with van der Waals surface area (Å²) in [6.45, 7) is 4.29. The molecule has 2 aromatic rings. The molecule has 1 aliphatic rings. The third-order valence-corrected chi connectivity index (χ3v) is 5.34. The molecule has 2 atom stereocenters. The van der Waals surface area contributed by atoms with Crippen molar-refractivity contribution in [2.45, 2.75) is 39.2 Å². The second kappa shape index (κ2) is 5.98. The van der Waals surface area contributed by atoms with E-state index < -0.39 is 0 Å². The highest BCUT2D eigenvalue weighted by molar-refractivity contribution is 7.14. The number of thiophene rings is 1. The molecule has 110 valence electrons. The molecule has 21 heavy (non-hydrogen) atoms. The standard InChI is InChI=1S/C17H20N2OS/c1-11-3-4-15-14(9-11)10-16(21-15)17(20)19-12(2)13-5-7-18-8-6-13/h5-8,10-12H,3-4,9H2,1-2H3,(H,19,20)/t11-,12-/m1/s1. The first-order valence-electron chi connectivity index (χ1n) is 7.46. The van der Waals surface area contributed by atoms with Crippen molar-refractivity contribution in [2.75, 3.05) is 0 Å². The molecular weight excluding hydrogens is 280 g/mol. The van der Waals surface area contributed by atoms with Crippen molar-refractivity contribution in [2.24, 2.45) is 5.92 Å². The van der Waals surface area contributed by atoms with Crippen LogP contribution in [0.3, 0.4) is 0 Å². The van der Waals surface area contributed by atoms with Crippen molar-refractivity contribution in [3.8, 4) is 0 Å². The quantitative estimate of drug-likeness (QED) is 0.938. The second-order valence-electron chi connectivity index (χ2n) is 5.88. The lowest BCUT2D eigenvalue weighted by Gasteiger charge is -2.16. The Morgan fingerprint density at radius 2 is 2.19 bits per heavy atom. The van der Waals surface area contributed by atoms with Crippen LogP contribution in [-0.4, -0.2) is 10.9 Å². The SMILES string of the molecule is C[C@@H]1CCc2sc(C(=O)N[C@H](C)c3ccncc3)cc2C1. The number of hydrogen-bond donors (Lipinski definition) is 1. The second-order valence-corrected chi connectivity index (χ2v) is 7.02. The maximum absolute atomic E-state index is 12.4. The number of fused-ring (bicyclic) bond motifs is 1. The van der Waals surface area contributed by atoms with E-state index in [2.05, 4.69) is 23.3 Å². The van der Waals surface area contributed by atoms with Gasteiger partial charge < -0.3 is 5.32 Å². The van der Waals surface area contributed by atoms with Gasteiger partial charge in [-0.1, -0.05) is 6.92 Å². The molecule has 3 nitrogen and oxygen atoms in total. The normalized spacial score (nSPS) is 18.9. The molecule has 0 spiro atoms. The molecule has 4 heteroatoms. The van der Waals surface area contributed by atoms with Gasteiger partial charge in [-0.15, -0.1) is 11.3 Å². The van der Waals surface area contributed by atoms with Crippen LogP contribution in [0.1, 0.15) is 52.0 Å². The maximum atomic E-state index is 12.4. The summed E-state index contributed by atoms with van der Waals surface area (Å²) < 4.78 is 0. The topological polar surface area (TPSA) is 42.0 Å². The van der Waals surface area contributed by atoms with E-state index in [0.29, 0.717) is 0 Å². The van der Waals surface area contributed by atoms with Crippen LogP contribution >= 0.6 is 11.3 Å². The number of amides is 1. The van der Waals surface area contributed by atoms with E-state index in [1.165, 1.54) is 16.9 Å². The minimum atomic E-state index is -0.00134. The molecule has 2 aromatic heterocycles. The van der Waals surface area contributed by atoms with E-state index in [9.17, 15) is 4.79 Å². The van der Waals surface area contributed by atoms with Gasteiger partial charge in [0.2, 0.25) is 0 Å². The predicted molar refractivity (Wildman–Crippen MR) is 85.6 cm³/mol. The molecular formula is C17H20N2OS. The molecule has 2 heterocycles.